The first-order valence-electron chi connectivity index (χ1n) is 5.24. The zero-order chi connectivity index (χ0) is 11.3. The Balaban J connectivity index is 2.62. The molecule has 0 aliphatic carbocycles. The molecule has 0 aromatic rings. The Labute approximate surface area is 89.8 Å². The van der Waals surface area contributed by atoms with E-state index in [1.165, 1.54) is 0 Å². The average Bonchev–Trinajstić information content (AvgIpc) is 2.21. The molecule has 0 bridgehead atoms. The van der Waals surface area contributed by atoms with Gasteiger partial charge < -0.3 is 15.0 Å². The number of piperazine rings is 1. The highest BCUT2D eigenvalue weighted by Gasteiger charge is 2.28. The molecule has 1 atom stereocenters. The molecule has 1 aliphatic heterocycles. The molecule has 1 rings (SSSR count). The second-order valence-corrected chi connectivity index (χ2v) is 3.70. The molecule has 0 saturated carbocycles. The molecule has 0 aromatic carbocycles. The summed E-state index contributed by atoms with van der Waals surface area (Å²) in [4.78, 5) is 24.4. The van der Waals surface area contributed by atoms with Crippen molar-refractivity contribution in [3.05, 3.63) is 0 Å². The van der Waals surface area contributed by atoms with E-state index < -0.39 is 0 Å². The minimum absolute atomic E-state index is 0.0231. The Morgan fingerprint density at radius 1 is 1.53 bits per heavy atom. The molecule has 5 nitrogen and oxygen atoms in total. The minimum Gasteiger partial charge on any atom is -0.383 e. The molecule has 1 fully saturated rings. The monoisotopic (exact) mass is 214 g/mol. The Morgan fingerprint density at radius 2 is 2.27 bits per heavy atom. The first-order chi connectivity index (χ1) is 7.19. The van der Waals surface area contributed by atoms with Crippen LogP contribution in [0, 0.1) is 0 Å². The van der Waals surface area contributed by atoms with Gasteiger partial charge in [-0.25, -0.2) is 0 Å². The molecule has 2 amide bonds. The second-order valence-electron chi connectivity index (χ2n) is 3.70. The van der Waals surface area contributed by atoms with Crippen LogP contribution in [0.2, 0.25) is 0 Å². The molecule has 5 heteroatoms. The van der Waals surface area contributed by atoms with E-state index in [-0.39, 0.29) is 30.9 Å². The van der Waals surface area contributed by atoms with Crippen LogP contribution in [-0.4, -0.2) is 49.6 Å². The van der Waals surface area contributed by atoms with Crippen molar-refractivity contribution >= 4 is 11.8 Å². The quantitative estimate of drug-likeness (QED) is 0.687. The van der Waals surface area contributed by atoms with E-state index in [9.17, 15) is 9.59 Å². The van der Waals surface area contributed by atoms with Gasteiger partial charge in [0.05, 0.1) is 25.7 Å². The number of rotatable bonds is 5. The molecule has 1 saturated heterocycles. The lowest BCUT2D eigenvalue weighted by molar-refractivity contribution is -0.144. The van der Waals surface area contributed by atoms with E-state index in [0.29, 0.717) is 6.61 Å². The predicted molar refractivity (Wildman–Crippen MR) is 55.3 cm³/mol. The maximum atomic E-state index is 11.6. The third-order valence-corrected chi connectivity index (χ3v) is 2.49. The van der Waals surface area contributed by atoms with E-state index in [1.54, 1.807) is 12.0 Å². The molecule has 15 heavy (non-hydrogen) atoms. The number of hydrogen-bond acceptors (Lipinski definition) is 3. The van der Waals surface area contributed by atoms with Crippen molar-refractivity contribution in [2.75, 3.05) is 26.8 Å². The van der Waals surface area contributed by atoms with E-state index in [0.717, 1.165) is 12.8 Å². The summed E-state index contributed by atoms with van der Waals surface area (Å²) in [6, 6.07) is 0.0264. The molecule has 1 heterocycles. The summed E-state index contributed by atoms with van der Waals surface area (Å²) in [5.41, 5.74) is 0. The largest absolute Gasteiger partial charge is 0.383 e. The third-order valence-electron chi connectivity index (χ3n) is 2.49. The van der Waals surface area contributed by atoms with Gasteiger partial charge in [-0.05, 0) is 6.42 Å². The van der Waals surface area contributed by atoms with E-state index in [2.05, 4.69) is 12.2 Å². The van der Waals surface area contributed by atoms with Gasteiger partial charge in [0, 0.05) is 7.11 Å². The van der Waals surface area contributed by atoms with Gasteiger partial charge in [-0.1, -0.05) is 13.3 Å². The first-order valence-corrected chi connectivity index (χ1v) is 5.24. The summed E-state index contributed by atoms with van der Waals surface area (Å²) >= 11 is 0. The summed E-state index contributed by atoms with van der Waals surface area (Å²) in [5, 5.41) is 2.53. The lowest BCUT2D eigenvalue weighted by Gasteiger charge is -2.33. The van der Waals surface area contributed by atoms with Crippen LogP contribution in [0.3, 0.4) is 0 Å². The van der Waals surface area contributed by atoms with E-state index in [4.69, 9.17) is 4.74 Å². The molecule has 0 radical (unpaired) electrons. The van der Waals surface area contributed by atoms with Crippen LogP contribution in [0.15, 0.2) is 0 Å². The van der Waals surface area contributed by atoms with Crippen molar-refractivity contribution in [1.82, 2.24) is 10.2 Å². The van der Waals surface area contributed by atoms with Crippen LogP contribution < -0.4 is 5.32 Å². The van der Waals surface area contributed by atoms with Gasteiger partial charge >= 0.3 is 0 Å². The first kappa shape index (κ1) is 12.0. The Kier molecular flexibility index (Phi) is 4.55. The van der Waals surface area contributed by atoms with E-state index in [1.807, 2.05) is 0 Å². The van der Waals surface area contributed by atoms with Crippen LogP contribution in [0.5, 0.6) is 0 Å². The molecule has 86 valence electrons. The van der Waals surface area contributed by atoms with Crippen molar-refractivity contribution in [2.24, 2.45) is 0 Å². The lowest BCUT2D eigenvalue weighted by atomic mass is 10.1. The third kappa shape index (κ3) is 3.20. The normalized spacial score (nSPS) is 18.9. The van der Waals surface area contributed by atoms with Gasteiger partial charge in [0.2, 0.25) is 11.8 Å². The maximum Gasteiger partial charge on any atom is 0.242 e. The van der Waals surface area contributed by atoms with Crippen LogP contribution in [-0.2, 0) is 14.3 Å². The second kappa shape index (κ2) is 5.70. The van der Waals surface area contributed by atoms with Gasteiger partial charge in [0.25, 0.3) is 0 Å². The maximum absolute atomic E-state index is 11.6. The van der Waals surface area contributed by atoms with Gasteiger partial charge in [-0.2, -0.15) is 0 Å². The van der Waals surface area contributed by atoms with Crippen molar-refractivity contribution in [1.29, 1.82) is 0 Å². The van der Waals surface area contributed by atoms with Crippen LogP contribution in [0.1, 0.15) is 19.8 Å². The minimum atomic E-state index is -0.0909. The Morgan fingerprint density at radius 3 is 2.87 bits per heavy atom. The summed E-state index contributed by atoms with van der Waals surface area (Å²) < 4.78 is 5.07. The summed E-state index contributed by atoms with van der Waals surface area (Å²) in [6.07, 6.45) is 1.84. The number of ether oxygens (including phenoxy) is 1. The summed E-state index contributed by atoms with van der Waals surface area (Å²) in [5.74, 6) is -0.114. The van der Waals surface area contributed by atoms with Gasteiger partial charge in [-0.15, -0.1) is 0 Å². The highest BCUT2D eigenvalue weighted by molar-refractivity contribution is 5.92. The standard InChI is InChI=1S/C10H18N2O3/c1-3-4-8(7-15-2)12-6-9(13)11-5-10(12)14/h8H,3-7H2,1-2H3,(H,11,13). The number of amides is 2. The highest BCUT2D eigenvalue weighted by Crippen LogP contribution is 2.09. The van der Waals surface area contributed by atoms with E-state index >= 15 is 0 Å². The van der Waals surface area contributed by atoms with Gasteiger partial charge in [0.1, 0.15) is 0 Å². The molecule has 0 aromatic heterocycles. The summed E-state index contributed by atoms with van der Waals surface area (Å²) in [7, 11) is 1.61. The molecule has 1 aliphatic rings. The zero-order valence-electron chi connectivity index (χ0n) is 9.28. The molecule has 0 spiro atoms. The van der Waals surface area contributed by atoms with Gasteiger partial charge in [-0.3, -0.25) is 9.59 Å². The molecular formula is C10H18N2O3. The topological polar surface area (TPSA) is 58.6 Å². The fourth-order valence-electron chi connectivity index (χ4n) is 1.76. The summed E-state index contributed by atoms with van der Waals surface area (Å²) in [6.45, 7) is 2.82. The number of methoxy groups -OCH3 is 1. The van der Waals surface area contributed by atoms with Crippen LogP contribution in [0.4, 0.5) is 0 Å². The van der Waals surface area contributed by atoms with Crippen molar-refractivity contribution < 1.29 is 14.3 Å². The predicted octanol–water partition coefficient (Wildman–Crippen LogP) is -0.240. The van der Waals surface area contributed by atoms with Crippen molar-refractivity contribution in [3.8, 4) is 0 Å². The smallest absolute Gasteiger partial charge is 0.242 e. The van der Waals surface area contributed by atoms with Crippen molar-refractivity contribution in [2.45, 2.75) is 25.8 Å². The van der Waals surface area contributed by atoms with Crippen molar-refractivity contribution in [3.63, 3.8) is 0 Å². The molecule has 1 N–H and O–H groups in total. The van der Waals surface area contributed by atoms with Crippen LogP contribution >= 0.6 is 0 Å². The Bertz CT molecular complexity index is 237. The fraction of sp³-hybridized carbons (Fsp3) is 0.800. The molecule has 1 unspecified atom stereocenters. The number of nitrogens with zero attached hydrogens (tertiary/aromatic N) is 1. The number of carbonyl (C=O) groups is 2. The fourth-order valence-corrected chi connectivity index (χ4v) is 1.76. The number of hydrogen-bond donors (Lipinski definition) is 1. The van der Waals surface area contributed by atoms with Gasteiger partial charge in [0.15, 0.2) is 0 Å². The SMILES string of the molecule is CCCC(COC)N1CC(=O)NCC1=O. The number of carbonyl (C=O) groups excluding carboxylic acids is 2. The highest BCUT2D eigenvalue weighted by atomic mass is 16.5. The van der Waals surface area contributed by atoms with Crippen LogP contribution in [0.25, 0.3) is 0 Å². The average molecular weight is 214 g/mol. The Hall–Kier alpha value is -1.10. The number of nitrogens with one attached hydrogen (secondary N) is 1. The molecular weight excluding hydrogens is 196 g/mol. The lowest BCUT2D eigenvalue weighted by Crippen LogP contribution is -2.56. The zero-order valence-corrected chi connectivity index (χ0v) is 9.28.